The van der Waals surface area contributed by atoms with Gasteiger partial charge < -0.3 is 14.2 Å². The molecular weight excluding hydrogens is 913 g/mol. The van der Waals surface area contributed by atoms with E-state index in [1.165, 1.54) is 212 Å². The van der Waals surface area contributed by atoms with Crippen LogP contribution in [0.15, 0.2) is 60.8 Å². The molecule has 0 rings (SSSR count). The van der Waals surface area contributed by atoms with Gasteiger partial charge in [-0.3, -0.25) is 14.4 Å². The van der Waals surface area contributed by atoms with Crippen molar-refractivity contribution in [1.82, 2.24) is 0 Å². The van der Waals surface area contributed by atoms with Crippen LogP contribution in [0.5, 0.6) is 0 Å². The molecule has 0 N–H and O–H groups in total. The molecule has 1 unspecified atom stereocenters. The zero-order chi connectivity index (χ0) is 53.6. The Morgan fingerprint density at radius 2 is 0.527 bits per heavy atom. The molecule has 0 saturated carbocycles. The normalized spacial score (nSPS) is 12.4. The van der Waals surface area contributed by atoms with Crippen molar-refractivity contribution in [2.75, 3.05) is 13.2 Å². The van der Waals surface area contributed by atoms with Gasteiger partial charge in [-0.15, -0.1) is 0 Å². The molecule has 0 aliphatic carbocycles. The van der Waals surface area contributed by atoms with E-state index in [1.54, 1.807) is 0 Å². The van der Waals surface area contributed by atoms with Crippen LogP contribution in [0.25, 0.3) is 0 Å². The summed E-state index contributed by atoms with van der Waals surface area (Å²) in [6.07, 6.45) is 79.4. The lowest BCUT2D eigenvalue weighted by molar-refractivity contribution is -0.167. The van der Waals surface area contributed by atoms with Gasteiger partial charge in [-0.2, -0.15) is 0 Å². The lowest BCUT2D eigenvalue weighted by Gasteiger charge is -2.18. The molecule has 0 aromatic rings. The van der Waals surface area contributed by atoms with E-state index in [2.05, 4.69) is 81.5 Å². The molecule has 0 amide bonds. The fraction of sp³-hybridized carbons (Fsp3) is 0.809. The van der Waals surface area contributed by atoms with E-state index in [1.807, 2.05) is 0 Å². The summed E-state index contributed by atoms with van der Waals surface area (Å²) in [5.74, 6) is -0.861. The topological polar surface area (TPSA) is 78.9 Å². The lowest BCUT2D eigenvalue weighted by atomic mass is 10.0. The summed E-state index contributed by atoms with van der Waals surface area (Å²) in [4.78, 5) is 38.3. The summed E-state index contributed by atoms with van der Waals surface area (Å²) < 4.78 is 16.9. The van der Waals surface area contributed by atoms with Gasteiger partial charge in [0.05, 0.1) is 0 Å². The van der Waals surface area contributed by atoms with Gasteiger partial charge in [0.1, 0.15) is 13.2 Å². The second-order valence-electron chi connectivity index (χ2n) is 21.6. The Morgan fingerprint density at radius 1 is 0.284 bits per heavy atom. The number of hydrogen-bond acceptors (Lipinski definition) is 6. The predicted octanol–water partition coefficient (Wildman–Crippen LogP) is 21.9. The minimum Gasteiger partial charge on any atom is -0.462 e. The molecule has 1 atom stereocenters. The molecule has 6 nitrogen and oxygen atoms in total. The lowest BCUT2D eigenvalue weighted by Crippen LogP contribution is -2.30. The van der Waals surface area contributed by atoms with Crippen LogP contribution in [-0.4, -0.2) is 37.2 Å². The molecule has 0 aliphatic heterocycles. The van der Waals surface area contributed by atoms with Crippen LogP contribution in [0.4, 0.5) is 0 Å². The van der Waals surface area contributed by atoms with Gasteiger partial charge in [0.25, 0.3) is 0 Å². The van der Waals surface area contributed by atoms with E-state index in [9.17, 15) is 14.4 Å². The first-order valence-corrected chi connectivity index (χ1v) is 32.3. The standard InChI is InChI=1S/C68H122O6/c1-4-7-10-13-16-19-22-25-27-29-31-33-34-36-37-39-41-43-46-49-52-55-58-61-67(70)73-64-65(63-72-66(69)60-57-54-51-48-45-24-21-18-15-12-9-6-3)74-68(71)62-59-56-53-50-47-44-42-40-38-35-32-30-28-26-23-20-17-14-11-8-5-2/h7,10,16,19,25,27,30-33,65H,4-6,8-9,11-15,17-18,20-24,26,28-29,34-64H2,1-3H3/b10-7-,19-16-,27-25-,32-30-,33-31-. The van der Waals surface area contributed by atoms with Crippen molar-refractivity contribution in [3.63, 3.8) is 0 Å². The molecule has 0 aliphatic rings. The average molecular weight is 1040 g/mol. The highest BCUT2D eigenvalue weighted by atomic mass is 16.6. The number of allylic oxidation sites excluding steroid dienone is 10. The zero-order valence-corrected chi connectivity index (χ0v) is 49.4. The van der Waals surface area contributed by atoms with Crippen molar-refractivity contribution >= 4 is 17.9 Å². The minimum absolute atomic E-state index is 0.0724. The van der Waals surface area contributed by atoms with Gasteiger partial charge in [-0.25, -0.2) is 0 Å². The van der Waals surface area contributed by atoms with E-state index in [0.717, 1.165) is 83.5 Å². The first-order valence-electron chi connectivity index (χ1n) is 32.3. The Morgan fingerprint density at radius 3 is 0.838 bits per heavy atom. The number of carbonyl (C=O) groups is 3. The summed E-state index contributed by atoms with van der Waals surface area (Å²) >= 11 is 0. The predicted molar refractivity (Wildman–Crippen MR) is 321 cm³/mol. The molecule has 0 saturated heterocycles. The second-order valence-corrected chi connectivity index (χ2v) is 21.6. The number of carbonyl (C=O) groups excluding carboxylic acids is 3. The van der Waals surface area contributed by atoms with E-state index in [-0.39, 0.29) is 31.1 Å². The van der Waals surface area contributed by atoms with Gasteiger partial charge >= 0.3 is 17.9 Å². The Labute approximate surface area is 460 Å². The highest BCUT2D eigenvalue weighted by molar-refractivity contribution is 5.71. The molecule has 0 heterocycles. The zero-order valence-electron chi connectivity index (χ0n) is 49.4. The second kappa shape index (κ2) is 62.6. The van der Waals surface area contributed by atoms with Crippen molar-refractivity contribution < 1.29 is 28.6 Å². The van der Waals surface area contributed by atoms with Gasteiger partial charge in [0.15, 0.2) is 6.10 Å². The summed E-state index contributed by atoms with van der Waals surface area (Å²) in [6.45, 7) is 6.57. The molecule has 0 aromatic carbocycles. The highest BCUT2D eigenvalue weighted by Gasteiger charge is 2.19. The quantitative estimate of drug-likeness (QED) is 0.0261. The number of esters is 3. The van der Waals surface area contributed by atoms with Crippen LogP contribution in [-0.2, 0) is 28.6 Å². The summed E-state index contributed by atoms with van der Waals surface area (Å²) in [5.41, 5.74) is 0. The van der Waals surface area contributed by atoms with E-state index >= 15 is 0 Å². The van der Waals surface area contributed by atoms with Gasteiger partial charge in [0, 0.05) is 19.3 Å². The van der Waals surface area contributed by atoms with Crippen LogP contribution in [0.3, 0.4) is 0 Å². The van der Waals surface area contributed by atoms with Crippen LogP contribution in [0.2, 0.25) is 0 Å². The molecule has 0 aromatic heterocycles. The molecule has 0 spiro atoms. The first kappa shape index (κ1) is 71.1. The van der Waals surface area contributed by atoms with Crippen LogP contribution in [0, 0.1) is 0 Å². The Bertz CT molecular complexity index is 1330. The summed E-state index contributed by atoms with van der Waals surface area (Å²) in [7, 11) is 0. The number of unbranched alkanes of at least 4 members (excludes halogenated alkanes) is 38. The van der Waals surface area contributed by atoms with E-state index < -0.39 is 6.10 Å². The van der Waals surface area contributed by atoms with Crippen molar-refractivity contribution in [1.29, 1.82) is 0 Å². The van der Waals surface area contributed by atoms with Crippen LogP contribution < -0.4 is 0 Å². The third-order valence-electron chi connectivity index (χ3n) is 14.3. The average Bonchev–Trinajstić information content (AvgIpc) is 3.40. The third-order valence-corrected chi connectivity index (χ3v) is 14.3. The van der Waals surface area contributed by atoms with E-state index in [4.69, 9.17) is 14.2 Å². The monoisotopic (exact) mass is 1030 g/mol. The SMILES string of the molecule is CC/C=C\C/C=C\C/C=C\C/C=C\CCCCCCCCCCCCC(=O)OCC(COC(=O)CCCCCCCCCCCCCC)OC(=O)CCCCCCCCCCC/C=C\CCCCCCCCCC. The fourth-order valence-electron chi connectivity index (χ4n) is 9.43. The first-order chi connectivity index (χ1) is 36.5. The molecular formula is C68H122O6. The van der Waals surface area contributed by atoms with Crippen molar-refractivity contribution in [2.24, 2.45) is 0 Å². The van der Waals surface area contributed by atoms with Crippen molar-refractivity contribution in [3.8, 4) is 0 Å². The molecule has 0 bridgehead atoms. The molecule has 430 valence electrons. The van der Waals surface area contributed by atoms with E-state index in [0.29, 0.717) is 19.3 Å². The van der Waals surface area contributed by atoms with Crippen molar-refractivity contribution in [3.05, 3.63) is 60.8 Å². The molecule has 74 heavy (non-hydrogen) atoms. The molecule has 0 fully saturated rings. The maximum absolute atomic E-state index is 12.9. The number of ether oxygens (including phenoxy) is 3. The Balaban J connectivity index is 4.29. The van der Waals surface area contributed by atoms with Gasteiger partial charge in [-0.1, -0.05) is 293 Å². The maximum Gasteiger partial charge on any atom is 0.306 e. The fourth-order valence-corrected chi connectivity index (χ4v) is 9.43. The summed E-state index contributed by atoms with van der Waals surface area (Å²) in [5, 5.41) is 0. The Kier molecular flexibility index (Phi) is 60.2. The van der Waals surface area contributed by atoms with Crippen LogP contribution in [0.1, 0.15) is 335 Å². The van der Waals surface area contributed by atoms with Gasteiger partial charge in [0.2, 0.25) is 0 Å². The minimum atomic E-state index is -0.775. The highest BCUT2D eigenvalue weighted by Crippen LogP contribution is 2.17. The molecule has 6 heteroatoms. The van der Waals surface area contributed by atoms with Crippen LogP contribution >= 0.6 is 0 Å². The maximum atomic E-state index is 12.9. The molecule has 0 radical (unpaired) electrons. The Hall–Kier alpha value is -2.89. The largest absolute Gasteiger partial charge is 0.462 e. The summed E-state index contributed by atoms with van der Waals surface area (Å²) in [6, 6.07) is 0. The number of rotatable bonds is 59. The van der Waals surface area contributed by atoms with Gasteiger partial charge in [-0.05, 0) is 83.5 Å². The third kappa shape index (κ3) is 60.0. The van der Waals surface area contributed by atoms with Crippen molar-refractivity contribution in [2.45, 2.75) is 341 Å². The smallest absolute Gasteiger partial charge is 0.306 e. The number of hydrogen-bond donors (Lipinski definition) is 0.